The molecule has 13 rings (SSSR count). The number of rotatable bonds is 8. The molecule has 0 unspecified atom stereocenters. The van der Waals surface area contributed by atoms with Crippen LogP contribution in [0.5, 0.6) is 0 Å². The van der Waals surface area contributed by atoms with E-state index in [0.717, 1.165) is 28.1 Å². The summed E-state index contributed by atoms with van der Waals surface area (Å²) in [6.45, 7) is 4.50. The zero-order chi connectivity index (χ0) is 45.3. The molecule has 0 radical (unpaired) electrons. The van der Waals surface area contributed by atoms with Crippen LogP contribution < -0.4 is 0 Å². The fourth-order valence-corrected chi connectivity index (χ4v) is 11.4. The molecular weight excluding hydrogens is 825 g/mol. The van der Waals surface area contributed by atoms with E-state index in [2.05, 4.69) is 264 Å². The van der Waals surface area contributed by atoms with Gasteiger partial charge in [-0.2, -0.15) is 4.57 Å². The molecular formula is C64H47N4+. The van der Waals surface area contributed by atoms with Crippen LogP contribution in [0.15, 0.2) is 243 Å². The molecule has 322 valence electrons. The van der Waals surface area contributed by atoms with Crippen LogP contribution in [0, 0.1) is 0 Å². The number of benzene rings is 9. The summed E-state index contributed by atoms with van der Waals surface area (Å²) in [5.41, 5.74) is 19.6. The van der Waals surface area contributed by atoms with Crippen LogP contribution in [0.4, 0.5) is 0 Å². The van der Waals surface area contributed by atoms with Gasteiger partial charge in [-0.15, -0.1) is 0 Å². The molecule has 3 heterocycles. The minimum absolute atomic E-state index is 0.308. The highest BCUT2D eigenvalue weighted by Gasteiger charge is 2.46. The third kappa shape index (κ3) is 6.00. The largest absolute Gasteiger partial charge is 0.294 e. The summed E-state index contributed by atoms with van der Waals surface area (Å²) in [4.78, 5) is 5.23. The fraction of sp³-hybridized carbons (Fsp3) is 0.0625. The van der Waals surface area contributed by atoms with Crippen LogP contribution in [-0.2, 0) is 5.41 Å². The molecule has 12 aromatic rings. The number of hydrogen-bond donors (Lipinski definition) is 0. The molecule has 0 atom stereocenters. The number of imidazole rings is 1. The Hall–Kier alpha value is -8.60. The maximum absolute atomic E-state index is 5.23. The summed E-state index contributed by atoms with van der Waals surface area (Å²) in [7, 11) is 0. The zero-order valence-corrected chi connectivity index (χ0v) is 38.0. The SMILES string of the molecule is CC(C)n1[cH+]n(-c2cccc(C3(c4ccc5c6ccccc6n(-c6cc(-c7c(-c8ccccc8)cccc7-c7ccccc7)ccn6)c5c4)c4ccccc4-c4ccccc43)c2)c2ccccc21. The van der Waals surface area contributed by atoms with E-state index < -0.39 is 5.41 Å². The van der Waals surface area contributed by atoms with Crippen molar-refractivity contribution in [3.05, 3.63) is 265 Å². The molecule has 4 heteroatoms. The van der Waals surface area contributed by atoms with Gasteiger partial charge in [0, 0.05) is 41.2 Å². The summed E-state index contributed by atoms with van der Waals surface area (Å²) < 4.78 is 7.12. The quantitative estimate of drug-likeness (QED) is 0.140. The minimum atomic E-state index is -0.635. The average molecular weight is 872 g/mol. The van der Waals surface area contributed by atoms with Crippen molar-refractivity contribution in [2.75, 3.05) is 0 Å². The Morgan fingerprint density at radius 1 is 0.426 bits per heavy atom. The molecule has 0 spiro atoms. The van der Waals surface area contributed by atoms with Gasteiger partial charge in [0.25, 0.3) is 0 Å². The van der Waals surface area contributed by atoms with E-state index in [1.54, 1.807) is 0 Å². The molecule has 0 aliphatic heterocycles. The van der Waals surface area contributed by atoms with E-state index in [4.69, 9.17) is 4.98 Å². The number of pyridine rings is 1. The normalized spacial score (nSPS) is 12.8. The second-order valence-electron chi connectivity index (χ2n) is 18.3. The third-order valence-electron chi connectivity index (χ3n) is 14.3. The lowest BCUT2D eigenvalue weighted by Crippen LogP contribution is -2.28. The molecule has 3 aromatic heterocycles. The summed E-state index contributed by atoms with van der Waals surface area (Å²) >= 11 is 0. The van der Waals surface area contributed by atoms with Crippen LogP contribution in [0.3, 0.4) is 0 Å². The predicted octanol–water partition coefficient (Wildman–Crippen LogP) is 16.2. The second-order valence-corrected chi connectivity index (χ2v) is 18.3. The molecule has 0 saturated carbocycles. The van der Waals surface area contributed by atoms with Crippen molar-refractivity contribution in [2.45, 2.75) is 25.3 Å². The Morgan fingerprint density at radius 3 is 1.68 bits per heavy atom. The summed E-state index contributed by atoms with van der Waals surface area (Å²) in [5, 5.41) is 2.38. The molecule has 0 saturated heterocycles. The van der Waals surface area contributed by atoms with Gasteiger partial charge in [-0.1, -0.05) is 164 Å². The van der Waals surface area contributed by atoms with Crippen LogP contribution in [0.25, 0.3) is 88.9 Å². The van der Waals surface area contributed by atoms with E-state index in [0.29, 0.717) is 6.04 Å². The summed E-state index contributed by atoms with van der Waals surface area (Å²) in [6, 6.07) is 84.9. The van der Waals surface area contributed by atoms with E-state index in [9.17, 15) is 0 Å². The van der Waals surface area contributed by atoms with Gasteiger partial charge in [0.1, 0.15) is 11.5 Å². The minimum Gasteiger partial charge on any atom is -0.294 e. The Kier molecular flexibility index (Phi) is 9.23. The van der Waals surface area contributed by atoms with Gasteiger partial charge in [0.05, 0.1) is 22.5 Å². The van der Waals surface area contributed by atoms with E-state index in [-0.39, 0.29) is 0 Å². The maximum Gasteiger partial charge on any atom is 0.191 e. The smallest absolute Gasteiger partial charge is 0.191 e. The Morgan fingerprint density at radius 2 is 0.985 bits per heavy atom. The Bertz CT molecular complexity index is 3790. The van der Waals surface area contributed by atoms with Crippen LogP contribution in [0.1, 0.15) is 42.1 Å². The molecule has 1 aliphatic rings. The van der Waals surface area contributed by atoms with Gasteiger partial charge in [-0.3, -0.25) is 4.57 Å². The predicted molar refractivity (Wildman–Crippen MR) is 282 cm³/mol. The number of para-hydroxylation sites is 3. The summed E-state index contributed by atoms with van der Waals surface area (Å²) in [6.07, 6.45) is 4.25. The van der Waals surface area contributed by atoms with Crippen molar-refractivity contribution in [1.82, 2.24) is 18.7 Å². The molecule has 9 aromatic carbocycles. The van der Waals surface area contributed by atoms with Gasteiger partial charge in [0.2, 0.25) is 0 Å². The van der Waals surface area contributed by atoms with E-state index >= 15 is 0 Å². The lowest BCUT2D eigenvalue weighted by atomic mass is 9.67. The Balaban J connectivity index is 1.07. The highest BCUT2D eigenvalue weighted by Crippen LogP contribution is 2.57. The standard InChI is InChI=1S/C64H47N4/c1-43(2)66-42-67(60-34-16-15-33-59(60)66)49-24-17-23-47(40-49)64(56-30-12-9-25-52(56)53-26-10-13-31-57(53)64)48-35-36-55-54-27-11-14-32-58(54)68(61(55)41-48)62-39-46(37-38-65-62)63-50(44-19-5-3-6-20-44)28-18-29-51(63)45-21-7-4-8-22-45/h3-43H,1-2H3/q+1. The fourth-order valence-electron chi connectivity index (χ4n) is 11.4. The van der Waals surface area contributed by atoms with Gasteiger partial charge >= 0.3 is 0 Å². The Labute approximate surface area is 396 Å². The zero-order valence-electron chi connectivity index (χ0n) is 38.0. The third-order valence-corrected chi connectivity index (χ3v) is 14.3. The van der Waals surface area contributed by atoms with Gasteiger partial charge in [0.15, 0.2) is 17.4 Å². The number of fused-ring (bicyclic) bond motifs is 7. The molecule has 0 N–H and O–H groups in total. The first-order chi connectivity index (χ1) is 33.6. The van der Waals surface area contributed by atoms with Gasteiger partial charge < -0.3 is 0 Å². The van der Waals surface area contributed by atoms with Crippen molar-refractivity contribution in [2.24, 2.45) is 0 Å². The lowest BCUT2D eigenvalue weighted by molar-refractivity contribution is 0.612. The second kappa shape index (κ2) is 15.8. The average Bonchev–Trinajstić information content (AvgIpc) is 4.06. The molecule has 1 aliphatic carbocycles. The molecule has 4 nitrogen and oxygen atoms in total. The maximum atomic E-state index is 5.23. The van der Waals surface area contributed by atoms with Crippen molar-refractivity contribution in [1.29, 1.82) is 0 Å². The van der Waals surface area contributed by atoms with Gasteiger partial charge in [-0.05, 0) is 123 Å². The first kappa shape index (κ1) is 39.7. The number of aromatic nitrogens is 4. The monoisotopic (exact) mass is 871 g/mol. The topological polar surface area (TPSA) is 27.7 Å². The highest BCUT2D eigenvalue weighted by atomic mass is 15.1. The van der Waals surface area contributed by atoms with Gasteiger partial charge in [-0.25, -0.2) is 9.55 Å². The van der Waals surface area contributed by atoms with Crippen LogP contribution in [0.2, 0.25) is 0 Å². The van der Waals surface area contributed by atoms with E-state index in [1.807, 2.05) is 6.20 Å². The van der Waals surface area contributed by atoms with Crippen molar-refractivity contribution >= 4 is 32.8 Å². The van der Waals surface area contributed by atoms with Crippen LogP contribution >= 0.6 is 0 Å². The van der Waals surface area contributed by atoms with E-state index in [1.165, 1.54) is 83.0 Å². The molecule has 0 bridgehead atoms. The lowest BCUT2D eigenvalue weighted by Gasteiger charge is -2.34. The first-order valence-corrected chi connectivity index (χ1v) is 23.6. The van der Waals surface area contributed by atoms with Crippen molar-refractivity contribution in [3.63, 3.8) is 0 Å². The van der Waals surface area contributed by atoms with Crippen LogP contribution in [-0.4, -0.2) is 18.7 Å². The van der Waals surface area contributed by atoms with Crippen molar-refractivity contribution < 1.29 is 0 Å². The summed E-state index contributed by atoms with van der Waals surface area (Å²) in [5.74, 6) is 0.869. The highest BCUT2D eigenvalue weighted by molar-refractivity contribution is 6.10. The van der Waals surface area contributed by atoms with Crippen molar-refractivity contribution in [3.8, 4) is 56.0 Å². The molecule has 0 amide bonds. The molecule has 68 heavy (non-hydrogen) atoms. The molecule has 0 fully saturated rings. The number of hydrogen-bond acceptors (Lipinski definition) is 1. The number of nitrogens with zero attached hydrogens (tertiary/aromatic N) is 4. The first-order valence-electron chi connectivity index (χ1n) is 23.6.